The Labute approximate surface area is 107 Å². The third-order valence-electron chi connectivity index (χ3n) is 2.32. The minimum atomic E-state index is -4.03. The number of primary sulfonamides is 1. The van der Waals surface area contributed by atoms with Gasteiger partial charge in [0.2, 0.25) is 0 Å². The van der Waals surface area contributed by atoms with Crippen molar-refractivity contribution in [2.45, 2.75) is 12.1 Å². The third-order valence-corrected chi connectivity index (χ3v) is 3.05. The number of hydrogen-bond acceptors (Lipinski definition) is 6. The van der Waals surface area contributed by atoms with E-state index in [9.17, 15) is 18.5 Å². The fourth-order valence-electron chi connectivity index (χ4n) is 1.48. The fraction of sp³-hybridized carbons (Fsp3) is 0.111. The molecule has 0 spiro atoms. The van der Waals surface area contributed by atoms with Crippen LogP contribution in [0.5, 0.6) is 0 Å². The Morgan fingerprint density at radius 3 is 2.63 bits per heavy atom. The Balaban J connectivity index is 2.62. The summed E-state index contributed by atoms with van der Waals surface area (Å²) in [4.78, 5) is 14.0. The number of nitrogens with zero attached hydrogens (tertiary/aromatic N) is 3. The summed E-state index contributed by atoms with van der Waals surface area (Å²) in [6.45, 7) is 1.74. The monoisotopic (exact) mass is 283 g/mol. The highest BCUT2D eigenvalue weighted by molar-refractivity contribution is 7.89. The zero-order chi connectivity index (χ0) is 14.2. The highest BCUT2D eigenvalue weighted by Crippen LogP contribution is 2.28. The lowest BCUT2D eigenvalue weighted by Crippen LogP contribution is -2.13. The first-order valence-corrected chi connectivity index (χ1v) is 6.54. The topological polar surface area (TPSA) is 145 Å². The van der Waals surface area contributed by atoms with Gasteiger partial charge in [0, 0.05) is 6.07 Å². The molecule has 10 heteroatoms. The van der Waals surface area contributed by atoms with E-state index < -0.39 is 20.1 Å². The molecule has 19 heavy (non-hydrogen) atoms. The van der Waals surface area contributed by atoms with Crippen molar-refractivity contribution in [1.29, 1.82) is 0 Å². The molecule has 100 valence electrons. The fourth-order valence-corrected chi connectivity index (χ4v) is 1.87. The number of nitro groups is 1. The van der Waals surface area contributed by atoms with E-state index in [4.69, 9.17) is 5.14 Å². The van der Waals surface area contributed by atoms with Crippen LogP contribution in [-0.2, 0) is 10.0 Å². The lowest BCUT2D eigenvalue weighted by atomic mass is 10.1. The van der Waals surface area contributed by atoms with Gasteiger partial charge in [0.25, 0.3) is 20.9 Å². The van der Waals surface area contributed by atoms with Crippen LogP contribution in [-0.4, -0.2) is 28.5 Å². The highest BCUT2D eigenvalue weighted by atomic mass is 32.2. The minimum absolute atomic E-state index is 0.0978. The van der Waals surface area contributed by atoms with E-state index in [1.54, 1.807) is 13.0 Å². The molecule has 2 rings (SSSR count). The number of nitro benzene ring substituents is 1. The maximum absolute atomic E-state index is 11.1. The predicted molar refractivity (Wildman–Crippen MR) is 64.6 cm³/mol. The van der Waals surface area contributed by atoms with Gasteiger partial charge >= 0.3 is 0 Å². The Hall–Kier alpha value is -2.33. The van der Waals surface area contributed by atoms with Crippen molar-refractivity contribution in [3.63, 3.8) is 0 Å². The van der Waals surface area contributed by atoms with E-state index in [0.717, 1.165) is 5.56 Å². The SMILES string of the molecule is Cc1ccc([N+](=O)[O-])c(-c2n[nH]c(S(N)(=O)=O)n2)c1. The lowest BCUT2D eigenvalue weighted by molar-refractivity contribution is -0.384. The quantitative estimate of drug-likeness (QED) is 0.613. The van der Waals surface area contributed by atoms with Crippen LogP contribution < -0.4 is 5.14 Å². The minimum Gasteiger partial charge on any atom is -0.258 e. The Morgan fingerprint density at radius 1 is 1.42 bits per heavy atom. The van der Waals surface area contributed by atoms with Gasteiger partial charge in [0.05, 0.1) is 10.5 Å². The number of aromatic nitrogens is 3. The van der Waals surface area contributed by atoms with Crippen molar-refractivity contribution in [2.75, 3.05) is 0 Å². The molecule has 0 saturated carbocycles. The Kier molecular flexibility index (Phi) is 3.04. The molecular formula is C9H9N5O4S. The summed E-state index contributed by atoms with van der Waals surface area (Å²) in [6, 6.07) is 4.36. The molecule has 2 aromatic rings. The van der Waals surface area contributed by atoms with Gasteiger partial charge in [-0.15, -0.1) is 0 Å². The van der Waals surface area contributed by atoms with Crippen LogP contribution >= 0.6 is 0 Å². The normalized spacial score (nSPS) is 11.5. The van der Waals surface area contributed by atoms with Crippen LogP contribution in [0.15, 0.2) is 23.4 Å². The number of benzene rings is 1. The summed E-state index contributed by atoms with van der Waals surface area (Å²) in [5, 5.41) is 21.0. The standard InChI is InChI=1S/C9H9N5O4S/c1-5-2-3-7(14(15)16)6(4-5)8-11-9(13-12-8)19(10,17)18/h2-4H,1H3,(H2,10,17,18)(H,11,12,13). The number of sulfonamides is 1. The molecule has 9 nitrogen and oxygen atoms in total. The van der Waals surface area contributed by atoms with Gasteiger partial charge in [-0.05, 0) is 18.6 Å². The third kappa shape index (κ3) is 2.58. The second kappa shape index (κ2) is 4.40. The van der Waals surface area contributed by atoms with Crippen LogP contribution in [0.4, 0.5) is 5.69 Å². The summed E-state index contributed by atoms with van der Waals surface area (Å²) in [5.41, 5.74) is 0.657. The first kappa shape index (κ1) is 13.1. The molecule has 0 aliphatic carbocycles. The van der Waals surface area contributed by atoms with E-state index in [-0.39, 0.29) is 17.1 Å². The number of H-pyrrole nitrogens is 1. The van der Waals surface area contributed by atoms with E-state index in [1.807, 2.05) is 0 Å². The number of nitrogens with one attached hydrogen (secondary N) is 1. The summed E-state index contributed by atoms with van der Waals surface area (Å²) < 4.78 is 22.1. The van der Waals surface area contributed by atoms with Crippen LogP contribution in [0.25, 0.3) is 11.4 Å². The zero-order valence-electron chi connectivity index (χ0n) is 9.69. The molecule has 3 N–H and O–H groups in total. The molecule has 1 aromatic heterocycles. The molecule has 0 radical (unpaired) electrons. The number of aryl methyl sites for hydroxylation is 1. The van der Waals surface area contributed by atoms with Crippen molar-refractivity contribution >= 4 is 15.7 Å². The van der Waals surface area contributed by atoms with Crippen LogP contribution in [0.2, 0.25) is 0 Å². The van der Waals surface area contributed by atoms with E-state index >= 15 is 0 Å². The highest BCUT2D eigenvalue weighted by Gasteiger charge is 2.21. The molecule has 1 aromatic carbocycles. The summed E-state index contributed by atoms with van der Waals surface area (Å²) in [5.74, 6) is -0.0978. The molecule has 0 atom stereocenters. The Morgan fingerprint density at radius 2 is 2.11 bits per heavy atom. The number of aromatic amines is 1. The smallest absolute Gasteiger partial charge is 0.258 e. The second-order valence-corrected chi connectivity index (χ2v) is 5.26. The molecule has 0 bridgehead atoms. The van der Waals surface area contributed by atoms with Crippen molar-refractivity contribution < 1.29 is 13.3 Å². The van der Waals surface area contributed by atoms with Gasteiger partial charge < -0.3 is 0 Å². The Bertz CT molecular complexity index is 752. The largest absolute Gasteiger partial charge is 0.280 e. The first-order chi connectivity index (χ1) is 8.79. The van der Waals surface area contributed by atoms with Crippen LogP contribution in [0.3, 0.4) is 0 Å². The maximum atomic E-state index is 11.1. The van der Waals surface area contributed by atoms with Crippen molar-refractivity contribution in [2.24, 2.45) is 5.14 Å². The van der Waals surface area contributed by atoms with Gasteiger partial charge in [-0.1, -0.05) is 6.07 Å². The van der Waals surface area contributed by atoms with Gasteiger partial charge in [0.1, 0.15) is 0 Å². The van der Waals surface area contributed by atoms with Gasteiger partial charge in [-0.25, -0.2) is 18.7 Å². The molecule has 0 aliphatic rings. The average molecular weight is 283 g/mol. The maximum Gasteiger partial charge on any atom is 0.280 e. The molecule has 0 saturated heterocycles. The van der Waals surface area contributed by atoms with Crippen molar-refractivity contribution in [3.8, 4) is 11.4 Å². The first-order valence-electron chi connectivity index (χ1n) is 4.99. The van der Waals surface area contributed by atoms with Crippen LogP contribution in [0.1, 0.15) is 5.56 Å². The summed E-state index contributed by atoms with van der Waals surface area (Å²) in [6.07, 6.45) is 0. The van der Waals surface area contributed by atoms with Crippen molar-refractivity contribution in [3.05, 3.63) is 33.9 Å². The number of rotatable bonds is 3. The molecule has 0 amide bonds. The number of nitrogens with two attached hydrogens (primary N) is 1. The van der Waals surface area contributed by atoms with Gasteiger partial charge in [0.15, 0.2) is 5.82 Å². The van der Waals surface area contributed by atoms with E-state index in [1.165, 1.54) is 12.1 Å². The summed E-state index contributed by atoms with van der Waals surface area (Å²) >= 11 is 0. The second-order valence-electron chi connectivity index (χ2n) is 3.79. The van der Waals surface area contributed by atoms with Gasteiger partial charge in [-0.3, -0.25) is 10.1 Å². The van der Waals surface area contributed by atoms with Crippen LogP contribution in [0, 0.1) is 17.0 Å². The van der Waals surface area contributed by atoms with E-state index in [0.29, 0.717) is 0 Å². The summed E-state index contributed by atoms with van der Waals surface area (Å²) in [7, 11) is -4.03. The van der Waals surface area contributed by atoms with Crippen molar-refractivity contribution in [1.82, 2.24) is 15.2 Å². The molecule has 0 fully saturated rings. The molecular weight excluding hydrogens is 274 g/mol. The predicted octanol–water partition coefficient (Wildman–Crippen LogP) is 0.336. The zero-order valence-corrected chi connectivity index (χ0v) is 10.5. The molecule has 0 aliphatic heterocycles. The van der Waals surface area contributed by atoms with Gasteiger partial charge in [-0.2, -0.15) is 10.1 Å². The lowest BCUT2D eigenvalue weighted by Gasteiger charge is -1.99. The molecule has 1 heterocycles. The van der Waals surface area contributed by atoms with E-state index in [2.05, 4.69) is 15.2 Å². The molecule has 0 unspecified atom stereocenters. The average Bonchev–Trinajstić information content (AvgIpc) is 2.77. The number of hydrogen-bond donors (Lipinski definition) is 2.